The van der Waals surface area contributed by atoms with Gasteiger partial charge in [0.05, 0.1) is 17.7 Å². The Morgan fingerprint density at radius 1 is 1.50 bits per heavy atom. The zero-order chi connectivity index (χ0) is 13.9. The maximum Gasteiger partial charge on any atom is 0.224 e. The molecule has 1 atom stereocenters. The van der Waals surface area contributed by atoms with Gasteiger partial charge in [0.2, 0.25) is 5.95 Å². The molecule has 2 aromatic rings. The van der Waals surface area contributed by atoms with Gasteiger partial charge in [-0.25, -0.2) is 0 Å². The highest BCUT2D eigenvalue weighted by Crippen LogP contribution is 2.26. The smallest absolute Gasteiger partial charge is 0.224 e. The van der Waals surface area contributed by atoms with Crippen LogP contribution >= 0.6 is 0 Å². The van der Waals surface area contributed by atoms with Crippen molar-refractivity contribution in [1.82, 2.24) is 20.2 Å². The molecule has 1 aliphatic rings. The molecule has 0 radical (unpaired) electrons. The molecule has 0 saturated carbocycles. The van der Waals surface area contributed by atoms with Crippen molar-refractivity contribution in [2.24, 2.45) is 0 Å². The van der Waals surface area contributed by atoms with Crippen LogP contribution in [0, 0.1) is 0 Å². The van der Waals surface area contributed by atoms with Crippen molar-refractivity contribution < 1.29 is 4.74 Å². The van der Waals surface area contributed by atoms with E-state index >= 15 is 0 Å². The molecule has 108 valence electrons. The van der Waals surface area contributed by atoms with E-state index in [1.54, 1.807) is 6.20 Å². The fourth-order valence-corrected chi connectivity index (χ4v) is 2.63. The average molecular weight is 276 g/mol. The molecule has 0 bridgehead atoms. The minimum atomic E-state index is 0.266. The summed E-state index contributed by atoms with van der Waals surface area (Å²) < 4.78 is 5.87. The number of nitrogens with one attached hydrogen (secondary N) is 1. The predicted molar refractivity (Wildman–Crippen MR) is 77.6 cm³/mol. The lowest BCUT2D eigenvalue weighted by molar-refractivity contribution is 0.0440. The van der Waals surface area contributed by atoms with Gasteiger partial charge < -0.3 is 15.4 Å². The van der Waals surface area contributed by atoms with Gasteiger partial charge in [0.1, 0.15) is 5.82 Å². The molecule has 1 unspecified atom stereocenters. The highest BCUT2D eigenvalue weighted by molar-refractivity contribution is 5.87. The Morgan fingerprint density at radius 2 is 2.40 bits per heavy atom. The second kappa shape index (κ2) is 5.62. The molecule has 1 saturated heterocycles. The van der Waals surface area contributed by atoms with E-state index in [0.717, 1.165) is 50.2 Å². The van der Waals surface area contributed by atoms with E-state index in [2.05, 4.69) is 32.0 Å². The standard InChI is InChI=1S/C13H20N6O/c1-2-6-20-9-4-3-5-19(8-9)12-10-7-15-18-11(10)16-13(14)17-12/h7,9H,2-6,8H2,1H3,(H3,14,15,16,17,18). The second-order valence-corrected chi connectivity index (χ2v) is 5.12. The van der Waals surface area contributed by atoms with Gasteiger partial charge in [0.15, 0.2) is 5.65 Å². The lowest BCUT2D eigenvalue weighted by Gasteiger charge is -2.33. The molecule has 0 aliphatic carbocycles. The molecule has 3 N–H and O–H groups in total. The third-order valence-corrected chi connectivity index (χ3v) is 3.54. The summed E-state index contributed by atoms with van der Waals surface area (Å²) in [5, 5.41) is 7.78. The number of nitrogens with two attached hydrogens (primary N) is 1. The summed E-state index contributed by atoms with van der Waals surface area (Å²) >= 11 is 0. The van der Waals surface area contributed by atoms with Crippen molar-refractivity contribution in [1.29, 1.82) is 0 Å². The summed E-state index contributed by atoms with van der Waals surface area (Å²) in [6.07, 6.45) is 5.26. The largest absolute Gasteiger partial charge is 0.376 e. The van der Waals surface area contributed by atoms with Crippen LogP contribution in [-0.2, 0) is 4.74 Å². The van der Waals surface area contributed by atoms with Crippen LogP contribution in [0.3, 0.4) is 0 Å². The number of aromatic nitrogens is 4. The van der Waals surface area contributed by atoms with Crippen molar-refractivity contribution in [3.05, 3.63) is 6.20 Å². The Morgan fingerprint density at radius 3 is 3.25 bits per heavy atom. The number of aromatic amines is 1. The van der Waals surface area contributed by atoms with Crippen LogP contribution in [0.4, 0.5) is 11.8 Å². The molecule has 0 aromatic carbocycles. The van der Waals surface area contributed by atoms with Crippen molar-refractivity contribution in [3.63, 3.8) is 0 Å². The summed E-state index contributed by atoms with van der Waals surface area (Å²) in [5.41, 5.74) is 6.46. The van der Waals surface area contributed by atoms with Crippen LogP contribution in [0.25, 0.3) is 11.0 Å². The topological polar surface area (TPSA) is 93.0 Å². The van der Waals surface area contributed by atoms with Gasteiger partial charge in [-0.3, -0.25) is 5.10 Å². The fraction of sp³-hybridized carbons (Fsp3) is 0.615. The summed E-state index contributed by atoms with van der Waals surface area (Å²) in [5.74, 6) is 1.12. The Labute approximate surface area is 117 Å². The predicted octanol–water partition coefficient (Wildman–Crippen LogP) is 1.33. The number of fused-ring (bicyclic) bond motifs is 1. The van der Waals surface area contributed by atoms with Crippen molar-refractivity contribution in [2.45, 2.75) is 32.3 Å². The molecule has 7 nitrogen and oxygen atoms in total. The van der Waals surface area contributed by atoms with Gasteiger partial charge >= 0.3 is 0 Å². The van der Waals surface area contributed by atoms with Crippen LogP contribution in [0.1, 0.15) is 26.2 Å². The van der Waals surface area contributed by atoms with Crippen molar-refractivity contribution in [2.75, 3.05) is 30.3 Å². The average Bonchev–Trinajstić information content (AvgIpc) is 2.92. The lowest BCUT2D eigenvalue weighted by atomic mass is 10.1. The molecule has 0 amide bonds. The molecular formula is C13H20N6O. The minimum absolute atomic E-state index is 0.266. The normalized spacial score (nSPS) is 19.6. The van der Waals surface area contributed by atoms with Gasteiger partial charge in [-0.15, -0.1) is 0 Å². The van der Waals surface area contributed by atoms with Gasteiger partial charge in [0, 0.05) is 19.7 Å². The minimum Gasteiger partial charge on any atom is -0.376 e. The Hall–Kier alpha value is -1.89. The number of ether oxygens (including phenoxy) is 1. The number of piperidine rings is 1. The molecule has 7 heteroatoms. The molecule has 3 heterocycles. The quantitative estimate of drug-likeness (QED) is 0.875. The summed E-state index contributed by atoms with van der Waals surface area (Å²) in [4.78, 5) is 10.8. The first kappa shape index (κ1) is 13.1. The zero-order valence-corrected chi connectivity index (χ0v) is 11.7. The van der Waals surface area contributed by atoms with Crippen LogP contribution in [0.2, 0.25) is 0 Å². The van der Waals surface area contributed by atoms with Gasteiger partial charge in [0.25, 0.3) is 0 Å². The third-order valence-electron chi connectivity index (χ3n) is 3.54. The summed E-state index contributed by atoms with van der Waals surface area (Å²) in [7, 11) is 0. The van der Waals surface area contributed by atoms with E-state index < -0.39 is 0 Å². The molecule has 2 aromatic heterocycles. The Kier molecular flexibility index (Phi) is 3.68. The summed E-state index contributed by atoms with van der Waals surface area (Å²) in [6.45, 7) is 4.74. The first-order chi connectivity index (χ1) is 9.78. The van der Waals surface area contributed by atoms with Crippen LogP contribution in [0.5, 0.6) is 0 Å². The van der Waals surface area contributed by atoms with E-state index in [-0.39, 0.29) is 12.1 Å². The van der Waals surface area contributed by atoms with E-state index in [0.29, 0.717) is 5.65 Å². The van der Waals surface area contributed by atoms with Crippen molar-refractivity contribution in [3.8, 4) is 0 Å². The Bertz CT molecular complexity index is 583. The summed E-state index contributed by atoms with van der Waals surface area (Å²) in [6, 6.07) is 0. The number of hydrogen-bond acceptors (Lipinski definition) is 6. The third kappa shape index (κ3) is 2.53. The van der Waals surface area contributed by atoms with Gasteiger partial charge in [-0.05, 0) is 19.3 Å². The maximum atomic E-state index is 5.87. The highest BCUT2D eigenvalue weighted by Gasteiger charge is 2.23. The van der Waals surface area contributed by atoms with Crippen molar-refractivity contribution >= 4 is 22.8 Å². The number of rotatable bonds is 4. The molecule has 0 spiro atoms. The van der Waals surface area contributed by atoms with Gasteiger partial charge in [-0.1, -0.05) is 6.92 Å². The monoisotopic (exact) mass is 276 g/mol. The van der Waals surface area contributed by atoms with E-state index in [9.17, 15) is 0 Å². The first-order valence-corrected chi connectivity index (χ1v) is 7.11. The Balaban J connectivity index is 1.84. The zero-order valence-electron chi connectivity index (χ0n) is 11.7. The van der Waals surface area contributed by atoms with Crippen LogP contribution in [-0.4, -0.2) is 46.0 Å². The number of nitrogen functional groups attached to an aromatic ring is 1. The number of hydrogen-bond donors (Lipinski definition) is 2. The van der Waals surface area contributed by atoms with E-state index in [1.807, 2.05) is 0 Å². The lowest BCUT2D eigenvalue weighted by Crippen LogP contribution is -2.40. The van der Waals surface area contributed by atoms with Crippen LogP contribution in [0.15, 0.2) is 6.20 Å². The highest BCUT2D eigenvalue weighted by atomic mass is 16.5. The second-order valence-electron chi connectivity index (χ2n) is 5.12. The van der Waals surface area contributed by atoms with E-state index in [1.165, 1.54) is 0 Å². The van der Waals surface area contributed by atoms with E-state index in [4.69, 9.17) is 10.5 Å². The molecule has 20 heavy (non-hydrogen) atoms. The number of H-pyrrole nitrogens is 1. The van der Waals surface area contributed by atoms with Gasteiger partial charge in [-0.2, -0.15) is 15.1 Å². The maximum absolute atomic E-state index is 5.87. The molecule has 1 fully saturated rings. The number of anilines is 2. The first-order valence-electron chi connectivity index (χ1n) is 7.11. The van der Waals surface area contributed by atoms with Crippen LogP contribution < -0.4 is 10.6 Å². The molecule has 1 aliphatic heterocycles. The fourth-order valence-electron chi connectivity index (χ4n) is 2.63. The number of nitrogens with zero attached hydrogens (tertiary/aromatic N) is 4. The molecular weight excluding hydrogens is 256 g/mol. The molecule has 3 rings (SSSR count). The SMILES string of the molecule is CCCOC1CCCN(c2nc(N)nc3[nH]ncc23)C1.